The average molecular weight is 288 g/mol. The summed E-state index contributed by atoms with van der Waals surface area (Å²) in [5, 5.41) is 11.4. The molecule has 0 heterocycles. The van der Waals surface area contributed by atoms with Gasteiger partial charge in [0.1, 0.15) is 11.6 Å². The second-order valence-corrected chi connectivity index (χ2v) is 6.24. The summed E-state index contributed by atoms with van der Waals surface area (Å²) < 4.78 is 5.03. The highest BCUT2D eigenvalue weighted by Gasteiger charge is 2.32. The number of carboxylic acid groups (broad SMARTS) is 1. The molecule has 0 rings (SSSR count). The van der Waals surface area contributed by atoms with E-state index in [2.05, 4.69) is 5.32 Å². The SMILES string of the molecule is CC(C)(C)OC(=O)C[C@H](NC(=O)C(C)(C)CN)C(=O)O. The highest BCUT2D eigenvalue weighted by Crippen LogP contribution is 2.14. The van der Waals surface area contributed by atoms with Crippen LogP contribution in [0.1, 0.15) is 41.0 Å². The molecule has 4 N–H and O–H groups in total. The van der Waals surface area contributed by atoms with Crippen LogP contribution in [0.15, 0.2) is 0 Å². The van der Waals surface area contributed by atoms with E-state index in [0.717, 1.165) is 0 Å². The van der Waals surface area contributed by atoms with Gasteiger partial charge in [-0.05, 0) is 34.6 Å². The number of hydrogen-bond acceptors (Lipinski definition) is 5. The van der Waals surface area contributed by atoms with Crippen molar-refractivity contribution >= 4 is 17.8 Å². The third kappa shape index (κ3) is 6.51. The van der Waals surface area contributed by atoms with E-state index in [0.29, 0.717) is 0 Å². The Hall–Kier alpha value is -1.63. The number of carboxylic acids is 1. The van der Waals surface area contributed by atoms with Crippen molar-refractivity contribution in [2.24, 2.45) is 11.1 Å². The Morgan fingerprint density at radius 3 is 2.05 bits per heavy atom. The molecule has 0 aliphatic rings. The van der Waals surface area contributed by atoms with Crippen LogP contribution in [0.5, 0.6) is 0 Å². The van der Waals surface area contributed by atoms with Crippen LogP contribution in [0.4, 0.5) is 0 Å². The maximum absolute atomic E-state index is 11.9. The first-order valence-electron chi connectivity index (χ1n) is 6.35. The molecule has 7 heteroatoms. The van der Waals surface area contributed by atoms with Gasteiger partial charge in [0, 0.05) is 6.54 Å². The molecule has 0 aliphatic carbocycles. The van der Waals surface area contributed by atoms with Gasteiger partial charge in [0.15, 0.2) is 0 Å². The molecule has 0 aliphatic heterocycles. The van der Waals surface area contributed by atoms with Gasteiger partial charge in [-0.1, -0.05) is 0 Å². The van der Waals surface area contributed by atoms with Crippen LogP contribution in [-0.4, -0.2) is 41.1 Å². The number of carbonyl (C=O) groups excluding carboxylic acids is 2. The molecule has 1 atom stereocenters. The Bertz CT molecular complexity index is 385. The van der Waals surface area contributed by atoms with E-state index in [1.165, 1.54) is 0 Å². The van der Waals surface area contributed by atoms with Gasteiger partial charge in [-0.2, -0.15) is 0 Å². The molecule has 0 aromatic rings. The van der Waals surface area contributed by atoms with Gasteiger partial charge in [-0.3, -0.25) is 9.59 Å². The molecule has 0 unspecified atom stereocenters. The maximum Gasteiger partial charge on any atom is 0.326 e. The van der Waals surface area contributed by atoms with Gasteiger partial charge in [0.05, 0.1) is 11.8 Å². The quantitative estimate of drug-likeness (QED) is 0.604. The predicted octanol–water partition coefficient (Wildman–Crippen LogP) is 0.273. The molecule has 1 amide bonds. The third-order valence-corrected chi connectivity index (χ3v) is 2.52. The van der Waals surface area contributed by atoms with E-state index >= 15 is 0 Å². The van der Waals surface area contributed by atoms with Crippen LogP contribution in [0, 0.1) is 5.41 Å². The molecule has 0 saturated heterocycles. The van der Waals surface area contributed by atoms with Crippen molar-refractivity contribution in [3.63, 3.8) is 0 Å². The maximum atomic E-state index is 11.9. The van der Waals surface area contributed by atoms with Crippen molar-refractivity contribution in [2.75, 3.05) is 6.54 Å². The molecule has 0 saturated carbocycles. The molecular weight excluding hydrogens is 264 g/mol. The molecule has 7 nitrogen and oxygen atoms in total. The van der Waals surface area contributed by atoms with E-state index in [9.17, 15) is 14.4 Å². The van der Waals surface area contributed by atoms with Crippen molar-refractivity contribution in [1.82, 2.24) is 5.32 Å². The largest absolute Gasteiger partial charge is 0.480 e. The van der Waals surface area contributed by atoms with Crippen LogP contribution in [0.2, 0.25) is 0 Å². The number of esters is 1. The molecule has 0 bridgehead atoms. The monoisotopic (exact) mass is 288 g/mol. The lowest BCUT2D eigenvalue weighted by Crippen LogP contribution is -2.50. The second-order valence-electron chi connectivity index (χ2n) is 6.24. The Morgan fingerprint density at radius 1 is 1.20 bits per heavy atom. The number of aliphatic carboxylic acids is 1. The van der Waals surface area contributed by atoms with E-state index in [1.807, 2.05) is 0 Å². The summed E-state index contributed by atoms with van der Waals surface area (Å²) in [5.41, 5.74) is 3.83. The molecule has 0 fully saturated rings. The minimum atomic E-state index is -1.33. The van der Waals surface area contributed by atoms with Crippen molar-refractivity contribution in [3.8, 4) is 0 Å². The Kier molecular flexibility index (Phi) is 6.15. The summed E-state index contributed by atoms with van der Waals surface area (Å²) in [5.74, 6) is -2.50. The summed E-state index contributed by atoms with van der Waals surface area (Å²) in [6.45, 7) is 8.28. The van der Waals surface area contributed by atoms with E-state index in [1.54, 1.807) is 34.6 Å². The number of nitrogens with one attached hydrogen (secondary N) is 1. The van der Waals surface area contributed by atoms with Gasteiger partial charge in [-0.25, -0.2) is 4.79 Å². The van der Waals surface area contributed by atoms with Crippen molar-refractivity contribution in [3.05, 3.63) is 0 Å². The molecule has 0 radical (unpaired) electrons. The van der Waals surface area contributed by atoms with E-state index < -0.39 is 41.3 Å². The van der Waals surface area contributed by atoms with Crippen LogP contribution in [0.25, 0.3) is 0 Å². The Labute approximate surface area is 118 Å². The summed E-state index contributed by atoms with van der Waals surface area (Å²) >= 11 is 0. The molecule has 0 aromatic heterocycles. The van der Waals surface area contributed by atoms with Crippen LogP contribution < -0.4 is 11.1 Å². The summed E-state index contributed by atoms with van der Waals surface area (Å²) in [4.78, 5) is 34.6. The minimum Gasteiger partial charge on any atom is -0.480 e. The number of amides is 1. The zero-order chi connectivity index (χ0) is 16.1. The molecule has 116 valence electrons. The van der Waals surface area contributed by atoms with Crippen LogP contribution in [0.3, 0.4) is 0 Å². The number of carbonyl (C=O) groups is 3. The summed E-state index contributed by atoms with van der Waals surface area (Å²) in [7, 11) is 0. The topological polar surface area (TPSA) is 119 Å². The zero-order valence-electron chi connectivity index (χ0n) is 12.6. The minimum absolute atomic E-state index is 0.0671. The van der Waals surface area contributed by atoms with E-state index in [4.69, 9.17) is 15.6 Å². The highest BCUT2D eigenvalue weighted by atomic mass is 16.6. The fraction of sp³-hybridized carbons (Fsp3) is 0.769. The zero-order valence-corrected chi connectivity index (χ0v) is 12.6. The van der Waals surface area contributed by atoms with Crippen LogP contribution in [-0.2, 0) is 19.1 Å². The first-order valence-corrected chi connectivity index (χ1v) is 6.35. The first-order chi connectivity index (χ1) is 8.89. The first kappa shape index (κ1) is 18.4. The average Bonchev–Trinajstić information content (AvgIpc) is 2.25. The van der Waals surface area contributed by atoms with Crippen molar-refractivity contribution < 1.29 is 24.2 Å². The standard InChI is InChI=1S/C13H24N2O5/c1-12(2,3)20-9(16)6-8(10(17)18)15-11(19)13(4,5)7-14/h8H,6-7,14H2,1-5H3,(H,15,19)(H,17,18)/t8-/m0/s1. The number of rotatable bonds is 6. The highest BCUT2D eigenvalue weighted by molar-refractivity contribution is 5.89. The fourth-order valence-corrected chi connectivity index (χ4v) is 1.20. The summed E-state index contributed by atoms with van der Waals surface area (Å²) in [6.07, 6.45) is -0.432. The number of nitrogens with two attached hydrogens (primary N) is 1. The number of ether oxygens (including phenoxy) is 1. The predicted molar refractivity (Wildman–Crippen MR) is 72.9 cm³/mol. The normalized spacial score (nSPS) is 13.5. The van der Waals surface area contributed by atoms with Crippen molar-refractivity contribution in [1.29, 1.82) is 0 Å². The Morgan fingerprint density at radius 2 is 1.70 bits per heavy atom. The summed E-state index contributed by atoms with van der Waals surface area (Å²) in [6, 6.07) is -1.33. The molecule has 0 aromatic carbocycles. The van der Waals surface area contributed by atoms with Gasteiger partial charge in [-0.15, -0.1) is 0 Å². The smallest absolute Gasteiger partial charge is 0.326 e. The van der Waals surface area contributed by atoms with Gasteiger partial charge < -0.3 is 20.9 Å². The van der Waals surface area contributed by atoms with E-state index in [-0.39, 0.29) is 6.54 Å². The van der Waals surface area contributed by atoms with Gasteiger partial charge in [0.25, 0.3) is 0 Å². The molecular formula is C13H24N2O5. The second kappa shape index (κ2) is 6.69. The fourth-order valence-electron chi connectivity index (χ4n) is 1.20. The third-order valence-electron chi connectivity index (χ3n) is 2.52. The molecule has 0 spiro atoms. The molecule has 20 heavy (non-hydrogen) atoms. The Balaban J connectivity index is 4.73. The number of hydrogen-bond donors (Lipinski definition) is 3. The lowest BCUT2D eigenvalue weighted by atomic mass is 9.92. The van der Waals surface area contributed by atoms with Gasteiger partial charge >= 0.3 is 11.9 Å². The lowest BCUT2D eigenvalue weighted by Gasteiger charge is -2.25. The van der Waals surface area contributed by atoms with Crippen LogP contribution >= 0.6 is 0 Å². The lowest BCUT2D eigenvalue weighted by molar-refractivity contribution is -0.158. The van der Waals surface area contributed by atoms with Gasteiger partial charge in [0.2, 0.25) is 5.91 Å². The van der Waals surface area contributed by atoms with Crippen molar-refractivity contribution in [2.45, 2.75) is 52.7 Å².